The van der Waals surface area contributed by atoms with Gasteiger partial charge in [0.2, 0.25) is 0 Å². The molecule has 2 aromatic rings. The molecule has 13 heavy (non-hydrogen) atoms. The van der Waals surface area contributed by atoms with E-state index in [-0.39, 0.29) is 0 Å². The number of aromatic nitrogens is 2. The molecule has 0 aliphatic heterocycles. The van der Waals surface area contributed by atoms with Crippen LogP contribution in [0.2, 0.25) is 0 Å². The van der Waals surface area contributed by atoms with Crippen molar-refractivity contribution in [2.75, 3.05) is 0 Å². The van der Waals surface area contributed by atoms with Crippen LogP contribution in [0.3, 0.4) is 0 Å². The maximum atomic E-state index is 5.30. The SMILES string of the molecule is NN=C(c1ccc[nH]1)c1ccc[nH]1. The molecule has 0 spiro atoms. The second-order valence-corrected chi connectivity index (χ2v) is 2.65. The molecule has 2 aromatic heterocycles. The molecule has 0 aromatic carbocycles. The summed E-state index contributed by atoms with van der Waals surface area (Å²) in [7, 11) is 0. The predicted molar refractivity (Wildman–Crippen MR) is 51.4 cm³/mol. The number of H-pyrrole nitrogens is 2. The van der Waals surface area contributed by atoms with Crippen molar-refractivity contribution < 1.29 is 0 Å². The predicted octanol–water partition coefficient (Wildman–Crippen LogP) is 1.05. The van der Waals surface area contributed by atoms with E-state index in [0.29, 0.717) is 0 Å². The van der Waals surface area contributed by atoms with Gasteiger partial charge in [0.25, 0.3) is 0 Å². The quantitative estimate of drug-likeness (QED) is 0.355. The normalized spacial score (nSPS) is 9.85. The monoisotopic (exact) mass is 174 g/mol. The number of rotatable bonds is 2. The first-order chi connectivity index (χ1) is 6.42. The largest absolute Gasteiger partial charge is 0.360 e. The van der Waals surface area contributed by atoms with Crippen LogP contribution in [0.25, 0.3) is 0 Å². The van der Waals surface area contributed by atoms with Crippen LogP contribution in [0, 0.1) is 0 Å². The average Bonchev–Trinajstić information content (AvgIpc) is 2.76. The topological polar surface area (TPSA) is 70.0 Å². The van der Waals surface area contributed by atoms with Crippen molar-refractivity contribution in [3.05, 3.63) is 48.0 Å². The minimum atomic E-state index is 0.731. The Balaban J connectivity index is 2.42. The molecule has 2 rings (SSSR count). The Kier molecular flexibility index (Phi) is 1.88. The van der Waals surface area contributed by atoms with Crippen LogP contribution in [-0.2, 0) is 0 Å². The molecule has 4 heteroatoms. The minimum Gasteiger partial charge on any atom is -0.360 e. The van der Waals surface area contributed by atoms with E-state index in [1.807, 2.05) is 36.7 Å². The van der Waals surface area contributed by atoms with E-state index in [0.717, 1.165) is 17.1 Å². The van der Waals surface area contributed by atoms with Crippen molar-refractivity contribution in [1.29, 1.82) is 0 Å². The van der Waals surface area contributed by atoms with Gasteiger partial charge in [-0.15, -0.1) is 0 Å². The zero-order valence-corrected chi connectivity index (χ0v) is 6.99. The zero-order chi connectivity index (χ0) is 9.10. The summed E-state index contributed by atoms with van der Waals surface area (Å²) in [6.45, 7) is 0. The first kappa shape index (κ1) is 7.67. The van der Waals surface area contributed by atoms with Crippen LogP contribution >= 0.6 is 0 Å². The lowest BCUT2D eigenvalue weighted by Gasteiger charge is -1.98. The van der Waals surface area contributed by atoms with Gasteiger partial charge in [0.05, 0.1) is 11.4 Å². The molecule has 0 bridgehead atoms. The van der Waals surface area contributed by atoms with Gasteiger partial charge in [0.15, 0.2) is 0 Å². The fraction of sp³-hybridized carbons (Fsp3) is 0. The number of nitrogens with one attached hydrogen (secondary N) is 2. The number of hydrogen-bond donors (Lipinski definition) is 3. The van der Waals surface area contributed by atoms with E-state index in [1.54, 1.807) is 0 Å². The van der Waals surface area contributed by atoms with Crippen LogP contribution in [0.4, 0.5) is 0 Å². The van der Waals surface area contributed by atoms with E-state index >= 15 is 0 Å². The standard InChI is InChI=1S/C9H10N4/c10-13-9(7-3-1-5-11-7)8-4-2-6-12-8/h1-6,11-12H,10H2. The molecular formula is C9H10N4. The Morgan fingerprint density at radius 1 is 1.08 bits per heavy atom. The molecule has 0 fully saturated rings. The lowest BCUT2D eigenvalue weighted by atomic mass is 10.2. The summed E-state index contributed by atoms with van der Waals surface area (Å²) >= 11 is 0. The number of nitrogens with two attached hydrogens (primary N) is 1. The summed E-state index contributed by atoms with van der Waals surface area (Å²) in [4.78, 5) is 6.09. The van der Waals surface area contributed by atoms with Gasteiger partial charge in [-0.1, -0.05) is 0 Å². The Morgan fingerprint density at radius 3 is 1.92 bits per heavy atom. The third-order valence-corrected chi connectivity index (χ3v) is 1.84. The Hall–Kier alpha value is -1.97. The first-order valence-corrected chi connectivity index (χ1v) is 3.97. The summed E-state index contributed by atoms with van der Waals surface area (Å²) < 4.78 is 0. The highest BCUT2D eigenvalue weighted by Crippen LogP contribution is 2.05. The van der Waals surface area contributed by atoms with Crippen molar-refractivity contribution in [3.63, 3.8) is 0 Å². The van der Waals surface area contributed by atoms with Gasteiger partial charge in [0.1, 0.15) is 5.71 Å². The molecule has 0 aliphatic rings. The second-order valence-electron chi connectivity index (χ2n) is 2.65. The van der Waals surface area contributed by atoms with Gasteiger partial charge in [-0.2, -0.15) is 5.10 Å². The van der Waals surface area contributed by atoms with Crippen LogP contribution in [-0.4, -0.2) is 15.7 Å². The summed E-state index contributed by atoms with van der Waals surface area (Å²) in [5.74, 6) is 5.30. The van der Waals surface area contributed by atoms with Crippen molar-refractivity contribution in [2.45, 2.75) is 0 Å². The van der Waals surface area contributed by atoms with Crippen molar-refractivity contribution in [1.82, 2.24) is 9.97 Å². The maximum Gasteiger partial charge on any atom is 0.129 e. The van der Waals surface area contributed by atoms with Crippen molar-refractivity contribution in [3.8, 4) is 0 Å². The maximum absolute atomic E-state index is 5.30. The third-order valence-electron chi connectivity index (χ3n) is 1.84. The van der Waals surface area contributed by atoms with Crippen molar-refractivity contribution in [2.24, 2.45) is 10.9 Å². The average molecular weight is 174 g/mol. The highest BCUT2D eigenvalue weighted by atomic mass is 15.1. The fourth-order valence-corrected chi connectivity index (χ4v) is 1.24. The molecule has 0 saturated heterocycles. The van der Waals surface area contributed by atoms with E-state index in [2.05, 4.69) is 15.1 Å². The second kappa shape index (κ2) is 3.18. The van der Waals surface area contributed by atoms with Gasteiger partial charge >= 0.3 is 0 Å². The first-order valence-electron chi connectivity index (χ1n) is 3.97. The molecule has 4 N–H and O–H groups in total. The Morgan fingerprint density at radius 2 is 1.62 bits per heavy atom. The molecule has 2 heterocycles. The molecular weight excluding hydrogens is 164 g/mol. The highest BCUT2D eigenvalue weighted by molar-refractivity contribution is 6.10. The number of hydrogen-bond acceptors (Lipinski definition) is 2. The smallest absolute Gasteiger partial charge is 0.129 e. The summed E-state index contributed by atoms with van der Waals surface area (Å²) in [6, 6.07) is 7.66. The Bertz CT molecular complexity index is 347. The van der Waals surface area contributed by atoms with E-state index < -0.39 is 0 Å². The van der Waals surface area contributed by atoms with Crippen molar-refractivity contribution >= 4 is 5.71 Å². The molecule has 66 valence electrons. The van der Waals surface area contributed by atoms with Crippen LogP contribution in [0.1, 0.15) is 11.4 Å². The van der Waals surface area contributed by atoms with Crippen LogP contribution < -0.4 is 5.84 Å². The lowest BCUT2D eigenvalue weighted by molar-refractivity contribution is 1.21. The minimum absolute atomic E-state index is 0.731. The zero-order valence-electron chi connectivity index (χ0n) is 6.99. The molecule has 0 unspecified atom stereocenters. The fourth-order valence-electron chi connectivity index (χ4n) is 1.24. The number of hydrazone groups is 1. The molecule has 4 nitrogen and oxygen atoms in total. The molecule has 0 aliphatic carbocycles. The molecule has 0 saturated carbocycles. The summed E-state index contributed by atoms with van der Waals surface area (Å²) in [5, 5.41) is 3.73. The van der Waals surface area contributed by atoms with Crippen LogP contribution in [0.5, 0.6) is 0 Å². The van der Waals surface area contributed by atoms with E-state index in [1.165, 1.54) is 0 Å². The molecule has 0 radical (unpaired) electrons. The van der Waals surface area contributed by atoms with Gasteiger partial charge in [-0.05, 0) is 24.3 Å². The highest BCUT2D eigenvalue weighted by Gasteiger charge is 2.06. The Labute approximate surface area is 75.5 Å². The summed E-state index contributed by atoms with van der Waals surface area (Å²) in [5.41, 5.74) is 2.55. The van der Waals surface area contributed by atoms with Gasteiger partial charge in [0, 0.05) is 12.4 Å². The van der Waals surface area contributed by atoms with E-state index in [9.17, 15) is 0 Å². The number of aromatic amines is 2. The van der Waals surface area contributed by atoms with Crippen LogP contribution in [0.15, 0.2) is 41.8 Å². The van der Waals surface area contributed by atoms with E-state index in [4.69, 9.17) is 5.84 Å². The third kappa shape index (κ3) is 1.33. The van der Waals surface area contributed by atoms with Gasteiger partial charge in [-0.3, -0.25) is 0 Å². The number of nitrogens with zero attached hydrogens (tertiary/aromatic N) is 1. The lowest BCUT2D eigenvalue weighted by Crippen LogP contribution is -2.06. The summed E-state index contributed by atoms with van der Waals surface area (Å²) in [6.07, 6.45) is 3.67. The molecule has 0 atom stereocenters. The molecule has 0 amide bonds. The van der Waals surface area contributed by atoms with Gasteiger partial charge in [-0.25, -0.2) is 0 Å². The van der Waals surface area contributed by atoms with Gasteiger partial charge < -0.3 is 15.8 Å².